The van der Waals surface area contributed by atoms with Crippen LogP contribution in [0.2, 0.25) is 5.02 Å². The van der Waals surface area contributed by atoms with E-state index in [-0.39, 0.29) is 6.61 Å². The van der Waals surface area contributed by atoms with Crippen molar-refractivity contribution in [3.8, 4) is 11.5 Å². The summed E-state index contributed by atoms with van der Waals surface area (Å²) in [7, 11) is 1.60. The summed E-state index contributed by atoms with van der Waals surface area (Å²) in [6.45, 7) is 8.34. The Balaban J connectivity index is 1.70. The first-order chi connectivity index (χ1) is 19.9. The second-order valence-corrected chi connectivity index (χ2v) is 11.6. The number of esters is 1. The molecule has 2 aromatic carbocycles. The van der Waals surface area contributed by atoms with Gasteiger partial charge in [-0.1, -0.05) is 80.4 Å². The smallest absolute Gasteiger partial charge is 0.338 e. The van der Waals surface area contributed by atoms with Gasteiger partial charge in [0.1, 0.15) is 12.6 Å². The summed E-state index contributed by atoms with van der Waals surface area (Å²) < 4.78 is 19.8. The van der Waals surface area contributed by atoms with Gasteiger partial charge in [0.05, 0.1) is 23.8 Å². The van der Waals surface area contributed by atoms with E-state index in [1.54, 1.807) is 11.8 Å². The van der Waals surface area contributed by atoms with Gasteiger partial charge < -0.3 is 19.5 Å². The molecule has 41 heavy (non-hydrogen) atoms. The Morgan fingerprint density at radius 2 is 2.07 bits per heavy atom. The number of rotatable bonds is 14. The van der Waals surface area contributed by atoms with Crippen LogP contribution in [0.1, 0.15) is 56.7 Å². The topological polar surface area (TPSA) is 87.5 Å². The lowest BCUT2D eigenvalue weighted by Crippen LogP contribution is -2.29. The number of hydrogen-bond donors (Lipinski definition) is 1. The number of halogens is 2. The summed E-state index contributed by atoms with van der Waals surface area (Å²) >= 11 is 11.5. The number of carbonyl (C=O) groups excluding carboxylic acids is 1. The molecule has 4 rings (SSSR count). The van der Waals surface area contributed by atoms with Crippen molar-refractivity contribution < 1.29 is 19.0 Å². The number of ether oxygens (including phenoxy) is 3. The Hall–Kier alpha value is -2.95. The van der Waals surface area contributed by atoms with Crippen LogP contribution in [-0.4, -0.2) is 41.1 Å². The number of nitrogens with zero attached hydrogens (tertiary/aromatic N) is 3. The summed E-state index contributed by atoms with van der Waals surface area (Å²) in [6.07, 6.45) is 5.93. The predicted octanol–water partition coefficient (Wildman–Crippen LogP) is 7.97. The van der Waals surface area contributed by atoms with Gasteiger partial charge >= 0.3 is 5.97 Å². The normalized spacial score (nSPS) is 14.3. The number of anilines is 1. The van der Waals surface area contributed by atoms with E-state index >= 15 is 0 Å². The molecule has 1 N–H and O–H groups in total. The molecule has 0 saturated heterocycles. The first-order valence-electron chi connectivity index (χ1n) is 13.5. The summed E-state index contributed by atoms with van der Waals surface area (Å²) in [5.41, 5.74) is 2.78. The minimum Gasteiger partial charge on any atom is -0.493 e. The van der Waals surface area contributed by atoms with Crippen LogP contribution in [0.5, 0.6) is 11.5 Å². The van der Waals surface area contributed by atoms with E-state index in [0.29, 0.717) is 55.7 Å². The van der Waals surface area contributed by atoms with Gasteiger partial charge in [-0.3, -0.25) is 0 Å². The van der Waals surface area contributed by atoms with Crippen molar-refractivity contribution in [2.24, 2.45) is 0 Å². The summed E-state index contributed by atoms with van der Waals surface area (Å²) in [5, 5.41) is 9.27. The van der Waals surface area contributed by atoms with Gasteiger partial charge in [-0.25, -0.2) is 9.48 Å². The van der Waals surface area contributed by atoms with Crippen LogP contribution in [0.3, 0.4) is 0 Å². The van der Waals surface area contributed by atoms with Gasteiger partial charge in [-0.05, 0) is 58.6 Å². The Morgan fingerprint density at radius 3 is 2.80 bits per heavy atom. The highest BCUT2D eigenvalue weighted by molar-refractivity contribution is 9.10. The number of fused-ring (bicyclic) bond motifs is 1. The number of carbonyl (C=O) groups is 1. The van der Waals surface area contributed by atoms with E-state index in [0.717, 1.165) is 30.4 Å². The molecular formula is C30H34BrClN4O4S. The average Bonchev–Trinajstić information content (AvgIpc) is 3.37. The maximum absolute atomic E-state index is 13.3. The molecule has 1 aliphatic heterocycles. The van der Waals surface area contributed by atoms with Crippen LogP contribution in [0, 0.1) is 0 Å². The molecule has 218 valence electrons. The maximum Gasteiger partial charge on any atom is 0.338 e. The second-order valence-electron chi connectivity index (χ2n) is 9.44. The van der Waals surface area contributed by atoms with E-state index in [2.05, 4.69) is 34.7 Å². The van der Waals surface area contributed by atoms with Gasteiger partial charge in [0.25, 0.3) is 0 Å². The van der Waals surface area contributed by atoms with Crippen molar-refractivity contribution >= 4 is 51.2 Å². The van der Waals surface area contributed by atoms with Gasteiger partial charge in [0.2, 0.25) is 11.1 Å². The molecular weight excluding hydrogens is 628 g/mol. The quantitative estimate of drug-likeness (QED) is 0.0806. The Kier molecular flexibility index (Phi) is 11.2. The Labute approximate surface area is 258 Å². The van der Waals surface area contributed by atoms with E-state index in [4.69, 9.17) is 35.9 Å². The first-order valence-corrected chi connectivity index (χ1v) is 15.6. The van der Waals surface area contributed by atoms with Crippen molar-refractivity contribution in [3.63, 3.8) is 0 Å². The number of thioether (sulfide) groups is 1. The SMILES string of the molecule is C=CCOC(=O)C1=C(C)Nc2nc(SCc3ccccc3Cl)nn2C1c1cc(Br)c(OCCCCCC)c(OC)c1. The Bertz CT molecular complexity index is 1430. The number of nitrogens with one attached hydrogen (secondary N) is 1. The van der Waals surface area contributed by atoms with Crippen molar-refractivity contribution in [3.05, 3.63) is 80.9 Å². The molecule has 0 aliphatic carbocycles. The van der Waals surface area contributed by atoms with E-state index < -0.39 is 12.0 Å². The number of benzene rings is 2. The summed E-state index contributed by atoms with van der Waals surface area (Å²) in [5.74, 6) is 1.80. The van der Waals surface area contributed by atoms with Gasteiger partial charge in [0, 0.05) is 16.5 Å². The third-order valence-electron chi connectivity index (χ3n) is 6.51. The zero-order valence-corrected chi connectivity index (χ0v) is 26.6. The molecule has 3 aromatic rings. The standard InChI is InChI=1S/C30H34BrClN4O4S/c1-5-7-8-11-15-39-27-22(31)16-21(17-24(27)38-4)26-25(28(37)40-14-6-2)19(3)33-29-34-30(35-36(26)29)41-18-20-12-9-10-13-23(20)32/h6,9-10,12-13,16-17,26H,2,5,7-8,11,14-15,18H2,1,3-4H3,(H,33,34,35). The largest absolute Gasteiger partial charge is 0.493 e. The highest BCUT2D eigenvalue weighted by Gasteiger charge is 2.36. The molecule has 2 heterocycles. The Morgan fingerprint density at radius 1 is 1.27 bits per heavy atom. The zero-order valence-electron chi connectivity index (χ0n) is 23.4. The van der Waals surface area contributed by atoms with E-state index in [9.17, 15) is 4.79 Å². The lowest BCUT2D eigenvalue weighted by atomic mass is 9.95. The highest BCUT2D eigenvalue weighted by atomic mass is 79.9. The van der Waals surface area contributed by atoms with Gasteiger partial charge in [-0.15, -0.1) is 5.10 Å². The van der Waals surface area contributed by atoms with Gasteiger partial charge in [0.15, 0.2) is 11.5 Å². The molecule has 1 unspecified atom stereocenters. The molecule has 1 atom stereocenters. The second kappa shape index (κ2) is 14.8. The summed E-state index contributed by atoms with van der Waals surface area (Å²) in [6, 6.07) is 10.9. The number of methoxy groups -OCH3 is 1. The molecule has 11 heteroatoms. The van der Waals surface area contributed by atoms with Crippen molar-refractivity contribution in [2.45, 2.75) is 56.5 Å². The van der Waals surface area contributed by atoms with Crippen LogP contribution in [0.4, 0.5) is 5.95 Å². The van der Waals surface area contributed by atoms with Crippen LogP contribution in [0.25, 0.3) is 0 Å². The fraction of sp³-hybridized carbons (Fsp3) is 0.367. The van der Waals surface area contributed by atoms with E-state index in [1.165, 1.54) is 24.3 Å². The lowest BCUT2D eigenvalue weighted by Gasteiger charge is -2.28. The minimum atomic E-state index is -0.630. The van der Waals surface area contributed by atoms with Crippen molar-refractivity contribution in [2.75, 3.05) is 25.6 Å². The lowest BCUT2D eigenvalue weighted by molar-refractivity contribution is -0.138. The molecule has 1 aliphatic rings. The van der Waals surface area contributed by atoms with Crippen LogP contribution in [-0.2, 0) is 15.3 Å². The van der Waals surface area contributed by atoms with Crippen molar-refractivity contribution in [1.29, 1.82) is 0 Å². The third-order valence-corrected chi connectivity index (χ3v) is 8.36. The zero-order chi connectivity index (χ0) is 29.4. The molecule has 0 spiro atoms. The molecule has 0 fully saturated rings. The molecule has 1 aromatic heterocycles. The number of allylic oxidation sites excluding steroid dienone is 1. The number of hydrogen-bond acceptors (Lipinski definition) is 8. The molecule has 0 amide bonds. The minimum absolute atomic E-state index is 0.0866. The molecule has 0 radical (unpaired) electrons. The average molecular weight is 662 g/mol. The molecule has 0 bridgehead atoms. The first kappa shape index (κ1) is 31.0. The monoisotopic (exact) mass is 660 g/mol. The third kappa shape index (κ3) is 7.47. The molecule has 0 saturated carbocycles. The fourth-order valence-corrected chi connectivity index (χ4v) is 6.17. The molecule has 8 nitrogen and oxygen atoms in total. The van der Waals surface area contributed by atoms with Crippen molar-refractivity contribution in [1.82, 2.24) is 14.8 Å². The maximum atomic E-state index is 13.3. The van der Waals surface area contributed by atoms with Crippen LogP contribution >= 0.6 is 39.3 Å². The fourth-order valence-electron chi connectivity index (χ4n) is 4.48. The van der Waals surface area contributed by atoms with Gasteiger partial charge in [-0.2, -0.15) is 4.98 Å². The number of unbranched alkanes of at least 4 members (excludes halogenated alkanes) is 3. The van der Waals surface area contributed by atoms with Crippen LogP contribution < -0.4 is 14.8 Å². The number of aromatic nitrogens is 3. The van der Waals surface area contributed by atoms with E-state index in [1.807, 2.05) is 43.3 Å². The predicted molar refractivity (Wildman–Crippen MR) is 167 cm³/mol. The highest BCUT2D eigenvalue weighted by Crippen LogP contribution is 2.43. The van der Waals surface area contributed by atoms with Crippen LogP contribution in [0.15, 0.2) is 70.0 Å². The summed E-state index contributed by atoms with van der Waals surface area (Å²) in [4.78, 5) is 18.0.